The third-order valence-electron chi connectivity index (χ3n) is 3.91. The highest BCUT2D eigenvalue weighted by Crippen LogP contribution is 2.31. The minimum absolute atomic E-state index is 0.0136. The van der Waals surface area contributed by atoms with Gasteiger partial charge < -0.3 is 4.90 Å². The molecule has 0 N–H and O–H groups in total. The highest BCUT2D eigenvalue weighted by Gasteiger charge is 2.37. The first-order valence-electron chi connectivity index (χ1n) is 6.98. The number of thioether (sulfide) groups is 1. The topological polar surface area (TPSA) is 35.9 Å². The second kappa shape index (κ2) is 4.77. The van der Waals surface area contributed by atoms with Gasteiger partial charge in [0.15, 0.2) is 5.17 Å². The van der Waals surface area contributed by atoms with E-state index in [-0.39, 0.29) is 11.2 Å². The zero-order valence-corrected chi connectivity index (χ0v) is 12.5. The number of fused-ring (bicyclic) bond motifs is 2. The first-order valence-corrected chi connectivity index (χ1v) is 7.86. The molecule has 0 spiro atoms. The number of rotatable bonds is 1. The average molecular weight is 297 g/mol. The lowest BCUT2D eigenvalue weighted by atomic mass is 10.1. The third-order valence-corrected chi connectivity index (χ3v) is 5.03. The van der Waals surface area contributed by atoms with Crippen LogP contribution in [0.15, 0.2) is 47.5 Å². The molecule has 21 heavy (non-hydrogen) atoms. The molecule has 4 nitrogen and oxygen atoms in total. The molecule has 1 amide bonds. The first kappa shape index (κ1) is 12.7. The molecule has 106 valence electrons. The molecule has 0 saturated carbocycles. The van der Waals surface area contributed by atoms with E-state index in [9.17, 15) is 4.79 Å². The minimum Gasteiger partial charge on any atom is -0.334 e. The van der Waals surface area contributed by atoms with Gasteiger partial charge in [-0.05, 0) is 29.8 Å². The fourth-order valence-electron chi connectivity index (χ4n) is 2.74. The van der Waals surface area contributed by atoms with Crippen LogP contribution in [0.5, 0.6) is 0 Å². The van der Waals surface area contributed by atoms with Gasteiger partial charge in [0.2, 0.25) is 5.91 Å². The average Bonchev–Trinajstić information content (AvgIpc) is 2.81. The Morgan fingerprint density at radius 2 is 2.00 bits per heavy atom. The second-order valence-electron chi connectivity index (χ2n) is 5.32. The number of amidine groups is 1. The van der Waals surface area contributed by atoms with Gasteiger partial charge in [-0.15, -0.1) is 0 Å². The SMILES string of the molecule is CC1SC2=NCN(c3ccc4ccccc4c3)CN2C1=O. The smallest absolute Gasteiger partial charge is 0.243 e. The minimum atomic E-state index is -0.0136. The Balaban J connectivity index is 1.66. The molecular weight excluding hydrogens is 282 g/mol. The van der Waals surface area contributed by atoms with Crippen molar-refractivity contribution in [2.24, 2.45) is 4.99 Å². The highest BCUT2D eigenvalue weighted by atomic mass is 32.2. The van der Waals surface area contributed by atoms with Gasteiger partial charge in [-0.25, -0.2) is 4.99 Å². The lowest BCUT2D eigenvalue weighted by Crippen LogP contribution is -2.45. The zero-order chi connectivity index (χ0) is 14.4. The van der Waals surface area contributed by atoms with Crippen molar-refractivity contribution in [2.75, 3.05) is 18.2 Å². The Kier molecular flexibility index (Phi) is 2.89. The molecule has 1 unspecified atom stereocenters. The standard InChI is InChI=1S/C16H15N3OS/c1-11-15(20)19-10-18(9-17-16(19)21-11)14-7-6-12-4-2-3-5-13(12)8-14/h2-8,11H,9-10H2,1H3. The van der Waals surface area contributed by atoms with Crippen LogP contribution in [0.4, 0.5) is 5.69 Å². The van der Waals surface area contributed by atoms with Crippen LogP contribution in [0.1, 0.15) is 6.92 Å². The Bertz CT molecular complexity index is 758. The molecular formula is C16H15N3OS. The molecule has 0 aromatic heterocycles. The van der Waals surface area contributed by atoms with Crippen molar-refractivity contribution < 1.29 is 4.79 Å². The van der Waals surface area contributed by atoms with Gasteiger partial charge in [-0.1, -0.05) is 42.1 Å². The molecule has 2 heterocycles. The van der Waals surface area contributed by atoms with E-state index in [1.165, 1.54) is 10.8 Å². The van der Waals surface area contributed by atoms with Crippen molar-refractivity contribution in [1.29, 1.82) is 0 Å². The fraction of sp³-hybridized carbons (Fsp3) is 0.250. The number of benzene rings is 2. The molecule has 2 aliphatic rings. The molecule has 2 aliphatic heterocycles. The monoisotopic (exact) mass is 297 g/mol. The molecule has 1 saturated heterocycles. The quantitative estimate of drug-likeness (QED) is 0.812. The maximum Gasteiger partial charge on any atom is 0.243 e. The summed E-state index contributed by atoms with van der Waals surface area (Å²) in [6.07, 6.45) is 0. The van der Waals surface area contributed by atoms with E-state index in [1.54, 1.807) is 16.7 Å². The summed E-state index contributed by atoms with van der Waals surface area (Å²) in [6, 6.07) is 14.7. The van der Waals surface area contributed by atoms with E-state index < -0.39 is 0 Å². The molecule has 1 atom stereocenters. The summed E-state index contributed by atoms with van der Waals surface area (Å²) < 4.78 is 0. The summed E-state index contributed by atoms with van der Waals surface area (Å²) in [6.45, 7) is 3.14. The van der Waals surface area contributed by atoms with Crippen LogP contribution >= 0.6 is 11.8 Å². The van der Waals surface area contributed by atoms with Crippen molar-refractivity contribution in [2.45, 2.75) is 12.2 Å². The summed E-state index contributed by atoms with van der Waals surface area (Å²) in [5.41, 5.74) is 1.11. The predicted molar refractivity (Wildman–Crippen MR) is 87.5 cm³/mol. The second-order valence-corrected chi connectivity index (χ2v) is 6.63. The third kappa shape index (κ3) is 2.08. The fourth-order valence-corrected chi connectivity index (χ4v) is 3.69. The number of carbonyl (C=O) groups is 1. The van der Waals surface area contributed by atoms with Crippen molar-refractivity contribution in [3.8, 4) is 0 Å². The van der Waals surface area contributed by atoms with E-state index >= 15 is 0 Å². The van der Waals surface area contributed by atoms with Crippen molar-refractivity contribution in [1.82, 2.24) is 4.90 Å². The predicted octanol–water partition coefficient (Wildman–Crippen LogP) is 2.89. The molecule has 2 aromatic rings. The summed E-state index contributed by atoms with van der Waals surface area (Å²) >= 11 is 1.56. The number of carbonyl (C=O) groups excluding carboxylic acids is 1. The molecule has 5 heteroatoms. The Morgan fingerprint density at radius 3 is 2.86 bits per heavy atom. The van der Waals surface area contributed by atoms with E-state index in [4.69, 9.17) is 0 Å². The van der Waals surface area contributed by atoms with Gasteiger partial charge in [0.1, 0.15) is 13.3 Å². The number of hydrogen-bond acceptors (Lipinski definition) is 4. The van der Waals surface area contributed by atoms with Crippen LogP contribution in [-0.2, 0) is 4.79 Å². The number of anilines is 1. The summed E-state index contributed by atoms with van der Waals surface area (Å²) in [7, 11) is 0. The van der Waals surface area contributed by atoms with Gasteiger partial charge in [-0.3, -0.25) is 9.69 Å². The zero-order valence-electron chi connectivity index (χ0n) is 11.7. The van der Waals surface area contributed by atoms with Crippen molar-refractivity contribution in [3.05, 3.63) is 42.5 Å². The maximum absolute atomic E-state index is 12.1. The molecule has 2 aromatic carbocycles. The van der Waals surface area contributed by atoms with E-state index in [0.717, 1.165) is 10.9 Å². The first-order chi connectivity index (χ1) is 10.2. The summed E-state index contributed by atoms with van der Waals surface area (Å²) in [5.74, 6) is 0.157. The van der Waals surface area contributed by atoms with Gasteiger partial charge in [0.05, 0.1) is 5.25 Å². The van der Waals surface area contributed by atoms with Gasteiger partial charge in [-0.2, -0.15) is 0 Å². The van der Waals surface area contributed by atoms with Crippen LogP contribution < -0.4 is 4.90 Å². The van der Waals surface area contributed by atoms with Crippen LogP contribution in [0, 0.1) is 0 Å². The van der Waals surface area contributed by atoms with Crippen LogP contribution in [0.3, 0.4) is 0 Å². The highest BCUT2D eigenvalue weighted by molar-refractivity contribution is 8.15. The molecule has 4 rings (SSSR count). The van der Waals surface area contributed by atoms with Gasteiger partial charge in [0, 0.05) is 5.69 Å². The van der Waals surface area contributed by atoms with Crippen molar-refractivity contribution >= 4 is 39.3 Å². The number of nitrogens with zero attached hydrogens (tertiary/aromatic N) is 3. The van der Waals surface area contributed by atoms with Crippen LogP contribution in [0.25, 0.3) is 10.8 Å². The summed E-state index contributed by atoms with van der Waals surface area (Å²) in [5, 5.41) is 3.29. The molecule has 0 radical (unpaired) electrons. The van der Waals surface area contributed by atoms with E-state index in [1.807, 2.05) is 19.1 Å². The molecule has 1 fully saturated rings. The number of amides is 1. The summed E-state index contributed by atoms with van der Waals surface area (Å²) in [4.78, 5) is 20.6. The van der Waals surface area contributed by atoms with Gasteiger partial charge in [0.25, 0.3) is 0 Å². The van der Waals surface area contributed by atoms with Gasteiger partial charge >= 0.3 is 0 Å². The van der Waals surface area contributed by atoms with Crippen molar-refractivity contribution in [3.63, 3.8) is 0 Å². The largest absolute Gasteiger partial charge is 0.334 e. The van der Waals surface area contributed by atoms with E-state index in [0.29, 0.717) is 13.3 Å². The number of hydrogen-bond donors (Lipinski definition) is 0. The number of aliphatic imine (C=N–C) groups is 1. The van der Waals surface area contributed by atoms with E-state index in [2.05, 4.69) is 40.2 Å². The Hall–Kier alpha value is -2.01. The lowest BCUT2D eigenvalue weighted by molar-refractivity contribution is -0.126. The Morgan fingerprint density at radius 1 is 1.19 bits per heavy atom. The normalized spacial score (nSPS) is 21.7. The molecule has 0 bridgehead atoms. The van der Waals surface area contributed by atoms with Crippen LogP contribution in [-0.4, -0.2) is 34.6 Å². The maximum atomic E-state index is 12.1. The molecule has 0 aliphatic carbocycles. The van der Waals surface area contributed by atoms with Crippen LogP contribution in [0.2, 0.25) is 0 Å². The lowest BCUT2D eigenvalue weighted by Gasteiger charge is -2.32. The Labute approximate surface area is 127 Å².